The lowest BCUT2D eigenvalue weighted by molar-refractivity contribution is -0.145. The Morgan fingerprint density at radius 2 is 1.88 bits per heavy atom. The predicted molar refractivity (Wildman–Crippen MR) is 97.6 cm³/mol. The maximum Gasteiger partial charge on any atom is 0.401 e. The van der Waals surface area contributed by atoms with Crippen LogP contribution in [0.3, 0.4) is 0 Å². The Kier molecular flexibility index (Phi) is 11.4. The fourth-order valence-corrected chi connectivity index (χ4v) is 3.57. The van der Waals surface area contributed by atoms with Crippen LogP contribution in [0.15, 0.2) is 0 Å². The molecule has 2 saturated heterocycles. The van der Waals surface area contributed by atoms with E-state index >= 15 is 0 Å². The Balaban J connectivity index is 0.00000288. The molecule has 0 spiro atoms. The highest BCUT2D eigenvalue weighted by Gasteiger charge is 2.32. The average molecular weight is 408 g/mol. The van der Waals surface area contributed by atoms with E-state index in [1.165, 1.54) is 4.90 Å². The Morgan fingerprint density at radius 3 is 2.48 bits per heavy atom. The number of hydrogen-bond donors (Lipinski definition) is 1. The minimum absolute atomic E-state index is 0. The van der Waals surface area contributed by atoms with Crippen molar-refractivity contribution in [1.82, 2.24) is 15.1 Å². The van der Waals surface area contributed by atoms with Gasteiger partial charge < -0.3 is 10.2 Å². The molecule has 1 amide bonds. The lowest BCUT2D eigenvalue weighted by Crippen LogP contribution is -2.40. The highest BCUT2D eigenvalue weighted by Crippen LogP contribution is 2.24. The molecule has 2 atom stereocenters. The minimum atomic E-state index is -4.17. The number of nitrogens with zero attached hydrogens (tertiary/aromatic N) is 2. The summed E-state index contributed by atoms with van der Waals surface area (Å²) in [5.41, 5.74) is 0. The lowest BCUT2D eigenvalue weighted by Gasteiger charge is -2.30. The van der Waals surface area contributed by atoms with Gasteiger partial charge in [0.1, 0.15) is 0 Å². The fraction of sp³-hybridized carbons (Fsp3) is 0.938. The van der Waals surface area contributed by atoms with Gasteiger partial charge in [0.2, 0.25) is 5.91 Å². The minimum Gasteiger partial charge on any atom is -0.341 e. The van der Waals surface area contributed by atoms with Crippen molar-refractivity contribution in [3.8, 4) is 0 Å². The summed E-state index contributed by atoms with van der Waals surface area (Å²) in [7, 11) is 0. The van der Waals surface area contributed by atoms with Crippen molar-refractivity contribution in [2.24, 2.45) is 11.8 Å². The third-order valence-electron chi connectivity index (χ3n) is 4.98. The summed E-state index contributed by atoms with van der Waals surface area (Å²) in [5, 5.41) is 3.37. The monoisotopic (exact) mass is 407 g/mol. The largest absolute Gasteiger partial charge is 0.401 e. The van der Waals surface area contributed by atoms with Crippen molar-refractivity contribution in [1.29, 1.82) is 0 Å². The Bertz CT molecular complexity index is 393. The molecular weight excluding hydrogens is 378 g/mol. The molecule has 9 heteroatoms. The van der Waals surface area contributed by atoms with Gasteiger partial charge in [-0.25, -0.2) is 0 Å². The second-order valence-corrected chi connectivity index (χ2v) is 6.91. The van der Waals surface area contributed by atoms with Crippen LogP contribution in [0.25, 0.3) is 0 Å². The van der Waals surface area contributed by atoms with Gasteiger partial charge in [-0.15, -0.1) is 24.8 Å². The second kappa shape index (κ2) is 11.5. The van der Waals surface area contributed by atoms with Gasteiger partial charge in [0.25, 0.3) is 0 Å². The van der Waals surface area contributed by atoms with Crippen LogP contribution < -0.4 is 5.32 Å². The Hall–Kier alpha value is -0.240. The van der Waals surface area contributed by atoms with Crippen molar-refractivity contribution in [3.05, 3.63) is 0 Å². The van der Waals surface area contributed by atoms with Gasteiger partial charge in [-0.1, -0.05) is 6.92 Å². The molecule has 0 saturated carbocycles. The summed E-state index contributed by atoms with van der Waals surface area (Å²) in [4.78, 5) is 15.6. The Morgan fingerprint density at radius 1 is 1.16 bits per heavy atom. The van der Waals surface area contributed by atoms with Crippen LogP contribution in [0.4, 0.5) is 13.2 Å². The van der Waals surface area contributed by atoms with Crippen LogP contribution in [0.5, 0.6) is 0 Å². The number of halogens is 5. The van der Waals surface area contributed by atoms with E-state index in [-0.39, 0.29) is 30.7 Å². The first-order valence-corrected chi connectivity index (χ1v) is 8.63. The number of carbonyl (C=O) groups is 1. The molecule has 0 aromatic heterocycles. The summed E-state index contributed by atoms with van der Waals surface area (Å²) in [5.74, 6) is 0.947. The highest BCUT2D eigenvalue weighted by atomic mass is 35.5. The van der Waals surface area contributed by atoms with Crippen molar-refractivity contribution in [2.45, 2.75) is 38.8 Å². The topological polar surface area (TPSA) is 35.6 Å². The van der Waals surface area contributed by atoms with Gasteiger partial charge in [0.05, 0.1) is 6.54 Å². The molecule has 25 heavy (non-hydrogen) atoms. The number of alkyl halides is 3. The molecule has 0 bridgehead atoms. The highest BCUT2D eigenvalue weighted by molar-refractivity contribution is 5.85. The first kappa shape index (κ1) is 24.8. The SMILES string of the molecule is CC(CC(=O)N1CCCN(CC(F)(F)F)CC1)C1CCCNC1.Cl.Cl. The number of rotatable bonds is 4. The van der Waals surface area contributed by atoms with E-state index in [1.54, 1.807) is 4.90 Å². The molecule has 0 aliphatic carbocycles. The van der Waals surface area contributed by atoms with Gasteiger partial charge in [0, 0.05) is 32.6 Å². The number of carbonyl (C=O) groups excluding carboxylic acids is 1. The van der Waals surface area contributed by atoms with Crippen LogP contribution in [-0.2, 0) is 4.79 Å². The Labute approximate surface area is 160 Å². The molecule has 0 aromatic carbocycles. The third kappa shape index (κ3) is 8.80. The molecule has 150 valence electrons. The molecule has 4 nitrogen and oxygen atoms in total. The number of amides is 1. The molecule has 2 heterocycles. The van der Waals surface area contributed by atoms with Gasteiger partial charge in [-0.2, -0.15) is 13.2 Å². The maximum absolute atomic E-state index is 12.5. The van der Waals surface area contributed by atoms with Crippen LogP contribution in [0, 0.1) is 11.8 Å². The van der Waals surface area contributed by atoms with Gasteiger partial charge in [0.15, 0.2) is 0 Å². The molecule has 2 fully saturated rings. The summed E-state index contributed by atoms with van der Waals surface area (Å²) in [6.07, 6.45) is -0.741. The van der Waals surface area contributed by atoms with Crippen molar-refractivity contribution in [2.75, 3.05) is 45.8 Å². The zero-order valence-electron chi connectivity index (χ0n) is 14.7. The van der Waals surface area contributed by atoms with E-state index < -0.39 is 12.7 Å². The van der Waals surface area contributed by atoms with Crippen molar-refractivity contribution < 1.29 is 18.0 Å². The molecule has 2 aliphatic heterocycles. The lowest BCUT2D eigenvalue weighted by atomic mass is 9.85. The van der Waals surface area contributed by atoms with E-state index in [2.05, 4.69) is 12.2 Å². The fourth-order valence-electron chi connectivity index (χ4n) is 3.57. The number of piperidine rings is 1. The molecule has 2 rings (SSSR count). The normalized spacial score (nSPS) is 23.8. The van der Waals surface area contributed by atoms with Gasteiger partial charge in [-0.05, 0) is 44.2 Å². The zero-order valence-corrected chi connectivity index (χ0v) is 16.3. The summed E-state index contributed by atoms with van der Waals surface area (Å²) >= 11 is 0. The summed E-state index contributed by atoms with van der Waals surface area (Å²) < 4.78 is 37.4. The summed E-state index contributed by atoms with van der Waals surface area (Å²) in [6.45, 7) is 4.96. The smallest absolute Gasteiger partial charge is 0.341 e. The van der Waals surface area contributed by atoms with E-state index in [0.29, 0.717) is 50.9 Å². The number of nitrogens with one attached hydrogen (secondary N) is 1. The van der Waals surface area contributed by atoms with E-state index in [4.69, 9.17) is 0 Å². The first-order valence-electron chi connectivity index (χ1n) is 8.63. The number of hydrogen-bond acceptors (Lipinski definition) is 3. The van der Waals surface area contributed by atoms with E-state index in [0.717, 1.165) is 25.9 Å². The molecule has 1 N–H and O–H groups in total. The van der Waals surface area contributed by atoms with Crippen LogP contribution in [0.2, 0.25) is 0 Å². The van der Waals surface area contributed by atoms with Crippen LogP contribution >= 0.6 is 24.8 Å². The van der Waals surface area contributed by atoms with Gasteiger partial charge >= 0.3 is 6.18 Å². The molecule has 2 unspecified atom stereocenters. The quantitative estimate of drug-likeness (QED) is 0.777. The van der Waals surface area contributed by atoms with Crippen molar-refractivity contribution >= 4 is 30.7 Å². The van der Waals surface area contributed by atoms with Crippen molar-refractivity contribution in [3.63, 3.8) is 0 Å². The zero-order chi connectivity index (χ0) is 16.9. The van der Waals surface area contributed by atoms with E-state index in [1.807, 2.05) is 0 Å². The maximum atomic E-state index is 12.5. The molecule has 0 aromatic rings. The molecule has 0 radical (unpaired) electrons. The first-order chi connectivity index (χ1) is 10.8. The van der Waals surface area contributed by atoms with Crippen LogP contribution in [0.1, 0.15) is 32.6 Å². The van der Waals surface area contributed by atoms with Crippen LogP contribution in [-0.4, -0.2) is 67.7 Å². The predicted octanol–water partition coefficient (Wildman–Crippen LogP) is 2.95. The van der Waals surface area contributed by atoms with E-state index in [9.17, 15) is 18.0 Å². The summed E-state index contributed by atoms with van der Waals surface area (Å²) in [6, 6.07) is 0. The third-order valence-corrected chi connectivity index (χ3v) is 4.98. The second-order valence-electron chi connectivity index (χ2n) is 6.91. The molecular formula is C16H30Cl2F3N3O. The standard InChI is InChI=1S/C16H28F3N3O.2ClH/c1-13(14-4-2-5-20-11-14)10-15(23)22-7-3-6-21(8-9-22)12-16(17,18)19;;/h13-14,20H,2-12H2,1H3;2*1H. The average Bonchev–Trinajstić information content (AvgIpc) is 2.72. The molecule has 2 aliphatic rings. The van der Waals surface area contributed by atoms with Gasteiger partial charge in [-0.3, -0.25) is 9.69 Å².